The van der Waals surface area contributed by atoms with Crippen molar-refractivity contribution < 1.29 is 9.84 Å². The summed E-state index contributed by atoms with van der Waals surface area (Å²) in [7, 11) is 0. The van der Waals surface area contributed by atoms with Crippen LogP contribution in [0, 0.1) is 0 Å². The number of aliphatic hydroxyl groups is 1. The molecule has 1 aromatic heterocycles. The first-order valence-electron chi connectivity index (χ1n) is 7.07. The standard InChI is InChI=1S/C14H19N5O2/c1-11-7-18(8-13(10-20)21-11)9-14-15-16-17-19(14)12-5-3-2-4-6-12/h2-6,11,13,20H,7-10H2,1H3. The maximum Gasteiger partial charge on any atom is 0.170 e. The normalized spacial score (nSPS) is 23.3. The van der Waals surface area contributed by atoms with Crippen molar-refractivity contribution in [2.24, 2.45) is 0 Å². The van der Waals surface area contributed by atoms with Crippen molar-refractivity contribution in [2.75, 3.05) is 19.7 Å². The Labute approximate surface area is 123 Å². The van der Waals surface area contributed by atoms with Crippen molar-refractivity contribution in [1.82, 2.24) is 25.1 Å². The molecule has 2 atom stereocenters. The molecule has 112 valence electrons. The van der Waals surface area contributed by atoms with E-state index in [1.807, 2.05) is 37.3 Å². The summed E-state index contributed by atoms with van der Waals surface area (Å²) >= 11 is 0. The minimum atomic E-state index is -0.144. The first kappa shape index (κ1) is 14.1. The molecule has 0 spiro atoms. The van der Waals surface area contributed by atoms with Crippen LogP contribution >= 0.6 is 0 Å². The fourth-order valence-corrected chi connectivity index (χ4v) is 2.64. The maximum atomic E-state index is 9.29. The summed E-state index contributed by atoms with van der Waals surface area (Å²) in [5.74, 6) is 0.784. The van der Waals surface area contributed by atoms with Crippen LogP contribution in [0.2, 0.25) is 0 Å². The fraction of sp³-hybridized carbons (Fsp3) is 0.500. The number of tetrazole rings is 1. The molecule has 1 fully saturated rings. The lowest BCUT2D eigenvalue weighted by Crippen LogP contribution is -2.47. The van der Waals surface area contributed by atoms with Crippen molar-refractivity contribution in [1.29, 1.82) is 0 Å². The van der Waals surface area contributed by atoms with Gasteiger partial charge in [-0.15, -0.1) is 5.10 Å². The molecule has 1 saturated heterocycles. The average Bonchev–Trinajstić information content (AvgIpc) is 2.95. The SMILES string of the molecule is CC1CN(Cc2nnnn2-c2ccccc2)CC(CO)O1. The Morgan fingerprint density at radius 2 is 2.10 bits per heavy atom. The third kappa shape index (κ3) is 3.26. The second-order valence-corrected chi connectivity index (χ2v) is 5.29. The number of hydrogen-bond donors (Lipinski definition) is 1. The number of aliphatic hydroxyl groups excluding tert-OH is 1. The second-order valence-electron chi connectivity index (χ2n) is 5.29. The van der Waals surface area contributed by atoms with E-state index in [0.29, 0.717) is 13.1 Å². The summed E-state index contributed by atoms with van der Waals surface area (Å²) in [5.41, 5.74) is 0.942. The van der Waals surface area contributed by atoms with Gasteiger partial charge in [-0.05, 0) is 29.5 Å². The highest BCUT2D eigenvalue weighted by Gasteiger charge is 2.26. The molecular weight excluding hydrogens is 270 g/mol. The summed E-state index contributed by atoms with van der Waals surface area (Å²) in [6.45, 7) is 4.16. The number of nitrogens with zero attached hydrogens (tertiary/aromatic N) is 5. The Balaban J connectivity index is 1.75. The summed E-state index contributed by atoms with van der Waals surface area (Å²) in [6, 6.07) is 9.82. The average molecular weight is 289 g/mol. The summed E-state index contributed by atoms with van der Waals surface area (Å²) in [5, 5.41) is 21.2. The molecule has 1 aliphatic rings. The molecule has 7 heteroatoms. The Morgan fingerprint density at radius 3 is 2.86 bits per heavy atom. The fourth-order valence-electron chi connectivity index (χ4n) is 2.64. The van der Waals surface area contributed by atoms with Crippen LogP contribution in [0.15, 0.2) is 30.3 Å². The third-order valence-electron chi connectivity index (χ3n) is 3.51. The number of para-hydroxylation sites is 1. The van der Waals surface area contributed by atoms with Gasteiger partial charge in [0.25, 0.3) is 0 Å². The predicted octanol–water partition coefficient (Wildman–Crippen LogP) is 0.244. The molecule has 1 aromatic carbocycles. The first-order valence-corrected chi connectivity index (χ1v) is 7.07. The summed E-state index contributed by atoms with van der Waals surface area (Å²) in [4.78, 5) is 2.21. The van der Waals surface area contributed by atoms with E-state index in [1.165, 1.54) is 0 Å². The number of ether oxygens (including phenoxy) is 1. The minimum Gasteiger partial charge on any atom is -0.394 e. The lowest BCUT2D eigenvalue weighted by Gasteiger charge is -2.35. The molecule has 21 heavy (non-hydrogen) atoms. The van der Waals surface area contributed by atoms with Gasteiger partial charge in [0.15, 0.2) is 5.82 Å². The summed E-state index contributed by atoms with van der Waals surface area (Å²) in [6.07, 6.45) is -0.0493. The van der Waals surface area contributed by atoms with Crippen LogP contribution in [0.4, 0.5) is 0 Å². The van der Waals surface area contributed by atoms with Crippen molar-refractivity contribution in [3.8, 4) is 5.69 Å². The molecule has 0 aliphatic carbocycles. The Hall–Kier alpha value is -1.83. The molecule has 3 rings (SSSR count). The van der Waals surface area contributed by atoms with Gasteiger partial charge in [0.1, 0.15) is 0 Å². The van der Waals surface area contributed by atoms with E-state index in [1.54, 1.807) is 4.68 Å². The maximum absolute atomic E-state index is 9.29. The van der Waals surface area contributed by atoms with E-state index in [-0.39, 0.29) is 18.8 Å². The Morgan fingerprint density at radius 1 is 1.29 bits per heavy atom. The minimum absolute atomic E-state index is 0.0322. The highest BCUT2D eigenvalue weighted by Crippen LogP contribution is 2.14. The number of rotatable bonds is 4. The van der Waals surface area contributed by atoms with Crippen LogP contribution in [-0.4, -0.2) is 62.1 Å². The lowest BCUT2D eigenvalue weighted by atomic mass is 10.2. The van der Waals surface area contributed by atoms with Crippen LogP contribution < -0.4 is 0 Å². The van der Waals surface area contributed by atoms with E-state index in [0.717, 1.165) is 18.1 Å². The predicted molar refractivity (Wildman–Crippen MR) is 75.9 cm³/mol. The molecule has 2 aromatic rings. The summed E-state index contributed by atoms with van der Waals surface area (Å²) < 4.78 is 7.39. The zero-order valence-electron chi connectivity index (χ0n) is 12.0. The first-order chi connectivity index (χ1) is 10.3. The second kappa shape index (κ2) is 6.30. The molecule has 2 unspecified atom stereocenters. The number of benzene rings is 1. The van der Waals surface area contributed by atoms with Crippen LogP contribution in [0.3, 0.4) is 0 Å². The van der Waals surface area contributed by atoms with E-state index in [4.69, 9.17) is 4.74 Å². The van der Waals surface area contributed by atoms with Crippen LogP contribution in [0.25, 0.3) is 5.69 Å². The third-order valence-corrected chi connectivity index (χ3v) is 3.51. The molecule has 2 heterocycles. The number of aromatic nitrogens is 4. The van der Waals surface area contributed by atoms with Crippen LogP contribution in [-0.2, 0) is 11.3 Å². The number of hydrogen-bond acceptors (Lipinski definition) is 6. The molecule has 0 saturated carbocycles. The van der Waals surface area contributed by atoms with Gasteiger partial charge < -0.3 is 9.84 Å². The molecule has 7 nitrogen and oxygen atoms in total. The van der Waals surface area contributed by atoms with Gasteiger partial charge in [0, 0.05) is 13.1 Å². The van der Waals surface area contributed by atoms with Gasteiger partial charge in [-0.1, -0.05) is 18.2 Å². The quantitative estimate of drug-likeness (QED) is 0.869. The van der Waals surface area contributed by atoms with E-state index in [2.05, 4.69) is 20.4 Å². The molecule has 0 amide bonds. The topological polar surface area (TPSA) is 76.3 Å². The zero-order chi connectivity index (χ0) is 14.7. The van der Waals surface area contributed by atoms with Gasteiger partial charge in [0.2, 0.25) is 0 Å². The molecule has 0 radical (unpaired) electrons. The monoisotopic (exact) mass is 289 g/mol. The smallest absolute Gasteiger partial charge is 0.170 e. The van der Waals surface area contributed by atoms with Crippen LogP contribution in [0.1, 0.15) is 12.7 Å². The zero-order valence-corrected chi connectivity index (χ0v) is 12.0. The Bertz CT molecular complexity index is 574. The molecule has 0 bridgehead atoms. The lowest BCUT2D eigenvalue weighted by molar-refractivity contribution is -0.0978. The number of morpholine rings is 1. The van der Waals surface area contributed by atoms with Crippen molar-refractivity contribution in [3.63, 3.8) is 0 Å². The van der Waals surface area contributed by atoms with E-state index >= 15 is 0 Å². The van der Waals surface area contributed by atoms with Gasteiger partial charge >= 0.3 is 0 Å². The largest absolute Gasteiger partial charge is 0.394 e. The van der Waals surface area contributed by atoms with Gasteiger partial charge in [-0.3, -0.25) is 4.90 Å². The van der Waals surface area contributed by atoms with Gasteiger partial charge in [-0.2, -0.15) is 4.68 Å². The van der Waals surface area contributed by atoms with E-state index in [9.17, 15) is 5.11 Å². The van der Waals surface area contributed by atoms with Crippen LogP contribution in [0.5, 0.6) is 0 Å². The molecule has 1 N–H and O–H groups in total. The molecular formula is C14H19N5O2. The van der Waals surface area contributed by atoms with E-state index < -0.39 is 0 Å². The molecule has 1 aliphatic heterocycles. The van der Waals surface area contributed by atoms with Crippen molar-refractivity contribution in [2.45, 2.75) is 25.7 Å². The van der Waals surface area contributed by atoms with Crippen molar-refractivity contribution >= 4 is 0 Å². The van der Waals surface area contributed by atoms with Gasteiger partial charge in [-0.25, -0.2) is 0 Å². The van der Waals surface area contributed by atoms with Crippen molar-refractivity contribution in [3.05, 3.63) is 36.2 Å². The highest BCUT2D eigenvalue weighted by atomic mass is 16.5. The van der Waals surface area contributed by atoms with Gasteiger partial charge in [0.05, 0.1) is 31.0 Å². The Kier molecular flexibility index (Phi) is 4.23. The highest BCUT2D eigenvalue weighted by molar-refractivity contribution is 5.30.